The lowest BCUT2D eigenvalue weighted by atomic mass is 10.1. The topological polar surface area (TPSA) is 55.8 Å². The minimum atomic E-state index is -0.229. The van der Waals surface area contributed by atoms with Crippen LogP contribution in [0.2, 0.25) is 0 Å². The second kappa shape index (κ2) is 7.94. The molecule has 1 aromatic carbocycles. The molecule has 1 heterocycles. The van der Waals surface area contributed by atoms with E-state index in [4.69, 9.17) is 9.47 Å². The third kappa shape index (κ3) is 4.07. The van der Waals surface area contributed by atoms with Crippen molar-refractivity contribution < 1.29 is 19.1 Å². The van der Waals surface area contributed by atoms with Crippen molar-refractivity contribution in [3.8, 4) is 0 Å². The number of nitrogens with zero attached hydrogens (tertiary/aromatic N) is 1. The molecule has 1 saturated heterocycles. The molecule has 0 radical (unpaired) electrons. The van der Waals surface area contributed by atoms with Crippen LogP contribution in [0.4, 0.5) is 0 Å². The Morgan fingerprint density at radius 1 is 1.14 bits per heavy atom. The number of carbonyl (C=O) groups is 2. The number of methoxy groups -OCH3 is 2. The van der Waals surface area contributed by atoms with Crippen molar-refractivity contribution in [2.45, 2.75) is 44.3 Å². The van der Waals surface area contributed by atoms with E-state index >= 15 is 0 Å². The molecule has 22 heavy (non-hydrogen) atoms. The number of rotatable bonds is 6. The van der Waals surface area contributed by atoms with Crippen LogP contribution in [0.15, 0.2) is 30.3 Å². The van der Waals surface area contributed by atoms with E-state index < -0.39 is 0 Å². The molecule has 120 valence electrons. The van der Waals surface area contributed by atoms with E-state index in [1.165, 1.54) is 14.2 Å². The van der Waals surface area contributed by atoms with Crippen molar-refractivity contribution in [1.82, 2.24) is 4.90 Å². The summed E-state index contributed by atoms with van der Waals surface area (Å²) < 4.78 is 9.63. The second-order valence-corrected chi connectivity index (χ2v) is 5.54. The Hall–Kier alpha value is -1.88. The van der Waals surface area contributed by atoms with Crippen molar-refractivity contribution in [3.05, 3.63) is 35.9 Å². The lowest BCUT2D eigenvalue weighted by Crippen LogP contribution is -2.41. The van der Waals surface area contributed by atoms with Crippen molar-refractivity contribution in [1.29, 1.82) is 0 Å². The Kier molecular flexibility index (Phi) is 5.95. The largest absolute Gasteiger partial charge is 0.469 e. The molecule has 0 amide bonds. The summed E-state index contributed by atoms with van der Waals surface area (Å²) in [6, 6.07) is 10.0. The molecular weight excluding hydrogens is 282 g/mol. The molecule has 0 saturated carbocycles. The highest BCUT2D eigenvalue weighted by molar-refractivity contribution is 5.76. The first kappa shape index (κ1) is 16.5. The highest BCUT2D eigenvalue weighted by Crippen LogP contribution is 2.30. The van der Waals surface area contributed by atoms with Crippen LogP contribution in [0.3, 0.4) is 0 Å². The number of hydrogen-bond acceptors (Lipinski definition) is 5. The predicted octanol–water partition coefficient (Wildman–Crippen LogP) is 2.15. The molecule has 0 aromatic heterocycles. The summed E-state index contributed by atoms with van der Waals surface area (Å²) in [6.45, 7) is 0.687. The first-order chi connectivity index (χ1) is 10.7. The van der Waals surface area contributed by atoms with Gasteiger partial charge in [0.15, 0.2) is 0 Å². The van der Waals surface area contributed by atoms with Gasteiger partial charge in [-0.05, 0) is 24.8 Å². The number of benzene rings is 1. The maximum absolute atomic E-state index is 12.0. The fourth-order valence-electron chi connectivity index (χ4n) is 3.06. The molecule has 0 bridgehead atoms. The SMILES string of the molecule is COC(=O)CCC1CCC(C(=O)OC)N1Cc1ccccc1. The average Bonchev–Trinajstić information content (AvgIpc) is 2.95. The van der Waals surface area contributed by atoms with Gasteiger partial charge in [0.2, 0.25) is 0 Å². The van der Waals surface area contributed by atoms with E-state index in [0.29, 0.717) is 19.4 Å². The van der Waals surface area contributed by atoms with E-state index in [2.05, 4.69) is 4.90 Å². The quantitative estimate of drug-likeness (QED) is 0.754. The standard InChI is InChI=1S/C17H23NO4/c1-21-16(19)11-9-14-8-10-15(17(20)22-2)18(14)12-13-6-4-3-5-7-13/h3-7,14-15H,8-12H2,1-2H3. The summed E-state index contributed by atoms with van der Waals surface area (Å²) in [7, 11) is 2.82. The fraction of sp³-hybridized carbons (Fsp3) is 0.529. The molecule has 1 aromatic rings. The Balaban J connectivity index is 2.07. The Morgan fingerprint density at radius 3 is 2.50 bits per heavy atom. The fourth-order valence-corrected chi connectivity index (χ4v) is 3.06. The molecule has 5 heteroatoms. The number of carbonyl (C=O) groups excluding carboxylic acids is 2. The first-order valence-corrected chi connectivity index (χ1v) is 7.60. The van der Waals surface area contributed by atoms with Crippen LogP contribution >= 0.6 is 0 Å². The third-order valence-electron chi connectivity index (χ3n) is 4.23. The average molecular weight is 305 g/mol. The van der Waals surface area contributed by atoms with Gasteiger partial charge in [0, 0.05) is 19.0 Å². The first-order valence-electron chi connectivity index (χ1n) is 7.60. The highest BCUT2D eigenvalue weighted by atomic mass is 16.5. The zero-order chi connectivity index (χ0) is 15.9. The highest BCUT2D eigenvalue weighted by Gasteiger charge is 2.38. The molecule has 5 nitrogen and oxygen atoms in total. The van der Waals surface area contributed by atoms with E-state index in [9.17, 15) is 9.59 Å². The second-order valence-electron chi connectivity index (χ2n) is 5.54. The summed E-state index contributed by atoms with van der Waals surface area (Å²) >= 11 is 0. The van der Waals surface area contributed by atoms with Crippen LogP contribution in [-0.4, -0.2) is 43.1 Å². The Labute approximate surface area is 131 Å². The van der Waals surface area contributed by atoms with Crippen LogP contribution in [0, 0.1) is 0 Å². The van der Waals surface area contributed by atoms with Gasteiger partial charge in [0.1, 0.15) is 6.04 Å². The summed E-state index contributed by atoms with van der Waals surface area (Å²) in [6.07, 6.45) is 2.74. The molecule has 2 rings (SSSR count). The summed E-state index contributed by atoms with van der Waals surface area (Å²) in [5, 5.41) is 0. The lowest BCUT2D eigenvalue weighted by molar-refractivity contribution is -0.146. The maximum Gasteiger partial charge on any atom is 0.323 e. The third-order valence-corrected chi connectivity index (χ3v) is 4.23. The normalized spacial score (nSPS) is 21.5. The lowest BCUT2D eigenvalue weighted by Gasteiger charge is -2.28. The van der Waals surface area contributed by atoms with Gasteiger partial charge < -0.3 is 9.47 Å². The van der Waals surface area contributed by atoms with Gasteiger partial charge >= 0.3 is 11.9 Å². The molecular formula is C17H23NO4. The number of likely N-dealkylation sites (tertiary alicyclic amines) is 1. The zero-order valence-corrected chi connectivity index (χ0v) is 13.2. The Bertz CT molecular complexity index is 503. The van der Waals surface area contributed by atoms with Crippen LogP contribution in [0.25, 0.3) is 0 Å². The van der Waals surface area contributed by atoms with E-state index in [-0.39, 0.29) is 24.0 Å². The molecule has 2 atom stereocenters. The smallest absolute Gasteiger partial charge is 0.323 e. The van der Waals surface area contributed by atoms with Crippen LogP contribution in [0.1, 0.15) is 31.2 Å². The van der Waals surface area contributed by atoms with Crippen molar-refractivity contribution in [2.24, 2.45) is 0 Å². The molecule has 0 spiro atoms. The van der Waals surface area contributed by atoms with Crippen molar-refractivity contribution in [3.63, 3.8) is 0 Å². The van der Waals surface area contributed by atoms with Crippen molar-refractivity contribution in [2.75, 3.05) is 14.2 Å². The van der Waals surface area contributed by atoms with Gasteiger partial charge in [-0.1, -0.05) is 30.3 Å². The van der Waals surface area contributed by atoms with Crippen LogP contribution in [0.5, 0.6) is 0 Å². The van der Waals surface area contributed by atoms with E-state index in [1.54, 1.807) is 0 Å². The minimum absolute atomic E-state index is 0.198. The molecule has 1 aliphatic heterocycles. The summed E-state index contributed by atoms with van der Waals surface area (Å²) in [5.41, 5.74) is 1.15. The molecule has 0 N–H and O–H groups in total. The van der Waals surface area contributed by atoms with Crippen LogP contribution < -0.4 is 0 Å². The van der Waals surface area contributed by atoms with E-state index in [1.807, 2.05) is 30.3 Å². The number of hydrogen-bond donors (Lipinski definition) is 0. The van der Waals surface area contributed by atoms with Crippen molar-refractivity contribution >= 4 is 11.9 Å². The summed E-state index contributed by atoms with van der Waals surface area (Å²) in [5.74, 6) is -0.405. The van der Waals surface area contributed by atoms with Gasteiger partial charge in [-0.3, -0.25) is 14.5 Å². The monoisotopic (exact) mass is 305 g/mol. The van der Waals surface area contributed by atoms with Gasteiger partial charge in [-0.25, -0.2) is 0 Å². The number of ether oxygens (including phenoxy) is 2. The Morgan fingerprint density at radius 2 is 1.86 bits per heavy atom. The van der Waals surface area contributed by atoms with Gasteiger partial charge in [0.05, 0.1) is 14.2 Å². The van der Waals surface area contributed by atoms with Crippen LogP contribution in [-0.2, 0) is 25.6 Å². The molecule has 1 fully saturated rings. The van der Waals surface area contributed by atoms with E-state index in [0.717, 1.165) is 18.4 Å². The van der Waals surface area contributed by atoms with Gasteiger partial charge in [-0.15, -0.1) is 0 Å². The summed E-state index contributed by atoms with van der Waals surface area (Å²) in [4.78, 5) is 25.5. The zero-order valence-electron chi connectivity index (χ0n) is 13.2. The van der Waals surface area contributed by atoms with Gasteiger partial charge in [0.25, 0.3) is 0 Å². The maximum atomic E-state index is 12.0. The number of esters is 2. The predicted molar refractivity (Wildman–Crippen MR) is 82.1 cm³/mol. The molecule has 1 aliphatic rings. The van der Waals surface area contributed by atoms with Gasteiger partial charge in [-0.2, -0.15) is 0 Å². The molecule has 2 unspecified atom stereocenters. The minimum Gasteiger partial charge on any atom is -0.469 e. The molecule has 0 aliphatic carbocycles.